The normalized spacial score (nSPS) is 41.0. The zero-order chi connectivity index (χ0) is 62.5. The van der Waals surface area contributed by atoms with E-state index in [1.54, 1.807) is 0 Å². The number of β-amino-alcohol motifs (C(OH)–C–C–N with tert-alkyl or cyclic N) is 1. The summed E-state index contributed by atoms with van der Waals surface area (Å²) >= 11 is 5.65. The van der Waals surface area contributed by atoms with Gasteiger partial charge in [-0.3, -0.25) is 48.2 Å². The molecule has 21 heteroatoms. The number of fused-ring (bicyclic) bond motifs is 10. The number of nitrogens with zero attached hydrogens (tertiary/aromatic N) is 2. The van der Waals surface area contributed by atoms with Crippen LogP contribution in [0.25, 0.3) is 0 Å². The number of ether oxygens (including phenoxy) is 9. The highest BCUT2D eigenvalue weighted by Crippen LogP contribution is 2.71. The molecule has 0 aromatic heterocycles. The van der Waals surface area contributed by atoms with Crippen molar-refractivity contribution >= 4 is 61.6 Å². The molecule has 10 fully saturated rings. The van der Waals surface area contributed by atoms with E-state index in [9.17, 15) is 38.4 Å². The van der Waals surface area contributed by atoms with Crippen LogP contribution in [0.5, 0.6) is 0 Å². The first kappa shape index (κ1) is 68.9. The van der Waals surface area contributed by atoms with Gasteiger partial charge in [-0.15, -0.1) is 0 Å². The smallest absolute Gasteiger partial charge is 0.305 e. The maximum atomic E-state index is 12.7. The average Bonchev–Trinajstić information content (AvgIpc) is 1.70. The lowest BCUT2D eigenvalue weighted by Crippen LogP contribution is -2.63. The fraction of sp³-hybridized carbons (Fsp3) is 0.879. The zero-order valence-electron chi connectivity index (χ0n) is 52.7. The lowest BCUT2D eigenvalue weighted by Gasteiger charge is -2.64. The van der Waals surface area contributed by atoms with Gasteiger partial charge in [0.15, 0.2) is 0 Å². The Kier molecular flexibility index (Phi) is 24.9. The molecule has 0 spiro atoms. The summed E-state index contributed by atoms with van der Waals surface area (Å²) < 4.78 is 50.3. The van der Waals surface area contributed by atoms with E-state index < -0.39 is 0 Å². The fourth-order valence-electron chi connectivity index (χ4n) is 20.7. The molecule has 8 saturated carbocycles. The molecule has 2 saturated heterocycles. The van der Waals surface area contributed by atoms with Gasteiger partial charge in [0.25, 0.3) is 38.8 Å². The summed E-state index contributed by atoms with van der Waals surface area (Å²) in [6.07, 6.45) is 13.0. The van der Waals surface area contributed by atoms with Crippen LogP contribution in [0.1, 0.15) is 157 Å². The Labute approximate surface area is 520 Å². The molecular formula is C66H103ClN2O18. The first-order valence-corrected chi connectivity index (χ1v) is 33.4. The molecule has 0 aromatic carbocycles. The van der Waals surface area contributed by atoms with Crippen LogP contribution in [-0.4, -0.2) is 180 Å². The molecule has 8 aliphatic carbocycles. The molecule has 22 atom stereocenters. The first-order chi connectivity index (χ1) is 41.9. The molecule has 2 aliphatic heterocycles. The second-order valence-corrected chi connectivity index (χ2v) is 28.9. The van der Waals surface area contributed by atoms with Crippen LogP contribution in [0.3, 0.4) is 0 Å². The van der Waals surface area contributed by atoms with Gasteiger partial charge >= 0.3 is 5.97 Å². The van der Waals surface area contributed by atoms with Gasteiger partial charge in [0.05, 0.1) is 33.0 Å². The Bertz CT molecular complexity index is 2270. The number of hydrogen-bond donors (Lipinski definition) is 1. The minimum absolute atomic E-state index is 0.00325. The van der Waals surface area contributed by atoms with E-state index in [1.807, 2.05) is 0 Å². The van der Waals surface area contributed by atoms with Crippen LogP contribution in [0.4, 0.5) is 0 Å². The van der Waals surface area contributed by atoms with E-state index in [2.05, 4.69) is 51.3 Å². The van der Waals surface area contributed by atoms with Crippen molar-refractivity contribution in [1.82, 2.24) is 9.80 Å². The Morgan fingerprint density at radius 2 is 0.954 bits per heavy atom. The van der Waals surface area contributed by atoms with E-state index in [4.69, 9.17) is 59.3 Å². The Balaban J connectivity index is 0.000000200. The van der Waals surface area contributed by atoms with Crippen molar-refractivity contribution in [3.05, 3.63) is 0 Å². The van der Waals surface area contributed by atoms with E-state index >= 15 is 0 Å². The molecular weight excluding hydrogens is 1140 g/mol. The first-order valence-electron chi connectivity index (χ1n) is 33.0. The Hall–Kier alpha value is -3.95. The summed E-state index contributed by atoms with van der Waals surface area (Å²) in [5.41, 5.74) is -0.566. The van der Waals surface area contributed by atoms with Crippen LogP contribution in [0.15, 0.2) is 0 Å². The summed E-state index contributed by atoms with van der Waals surface area (Å²) in [6, 6.07) is 0. The van der Waals surface area contributed by atoms with Gasteiger partial charge in [0.2, 0.25) is 5.24 Å². The largest absolute Gasteiger partial charge is 0.465 e. The number of carbonyl (C=O) groups is 8. The van der Waals surface area contributed by atoms with Crippen LogP contribution in [0, 0.1) is 92.7 Å². The van der Waals surface area contributed by atoms with E-state index in [0.717, 1.165) is 162 Å². The molecule has 20 nitrogen and oxygen atoms in total. The van der Waals surface area contributed by atoms with Crippen molar-refractivity contribution in [2.75, 3.05) is 78.9 Å². The number of halogens is 1. The number of carbonyl (C=O) groups excluding carboxylic acids is 8. The average molecular weight is 1250 g/mol. The molecule has 10 aliphatic rings. The van der Waals surface area contributed by atoms with Crippen LogP contribution >= 0.6 is 11.6 Å². The molecule has 0 bridgehead atoms. The molecule has 22 unspecified atom stereocenters. The van der Waals surface area contributed by atoms with Gasteiger partial charge in [0.1, 0.15) is 43.2 Å². The lowest BCUT2D eigenvalue weighted by molar-refractivity contribution is -0.219. The van der Waals surface area contributed by atoms with E-state index in [0.29, 0.717) is 64.7 Å². The van der Waals surface area contributed by atoms with E-state index in [-0.39, 0.29) is 147 Å². The minimum atomic E-state index is -0.319. The summed E-state index contributed by atoms with van der Waals surface area (Å²) in [5, 5.41) is 8.22. The third-order valence-electron chi connectivity index (χ3n) is 25.2. The lowest BCUT2D eigenvalue weighted by atomic mass is 9.43. The minimum Gasteiger partial charge on any atom is -0.465 e. The fourth-order valence-corrected chi connectivity index (χ4v) is 20.8. The van der Waals surface area contributed by atoms with Crippen molar-refractivity contribution < 1.29 is 86.1 Å². The SMILES string of the molecule is CC(CCC(=O)Cl)C1CCC2C3C(OC=O)CC4CC(OC=O)CCC4(C)C3CC(OC=O)C12C.CC(CCC(=O)OCCN1CCOCC1)C1CCC2C3C(OC=O)CC4CC(OC=O)CCC4(C)C3CC(OC=O)C12C.OCCN1CCOCC1. The van der Waals surface area contributed by atoms with Crippen LogP contribution in [0.2, 0.25) is 0 Å². The predicted octanol–water partition coefficient (Wildman–Crippen LogP) is 7.76. The molecule has 0 aromatic rings. The summed E-state index contributed by atoms with van der Waals surface area (Å²) in [5.74, 6) is 2.72. The Morgan fingerprint density at radius 3 is 1.36 bits per heavy atom. The van der Waals surface area contributed by atoms with Crippen LogP contribution in [-0.2, 0) is 81.0 Å². The van der Waals surface area contributed by atoms with Gasteiger partial charge in [-0.25, -0.2) is 0 Å². The molecule has 0 radical (unpaired) electrons. The quantitative estimate of drug-likeness (QED) is 0.0397. The third kappa shape index (κ3) is 15.0. The highest BCUT2D eigenvalue weighted by atomic mass is 35.5. The van der Waals surface area contributed by atoms with Crippen molar-refractivity contribution in [2.24, 2.45) is 92.7 Å². The van der Waals surface area contributed by atoms with Gasteiger partial charge < -0.3 is 47.7 Å². The predicted molar refractivity (Wildman–Crippen MR) is 318 cm³/mol. The standard InChI is InChI=1S/C33H51NO9.C27H39ClO7.C6H13NO2/c1-22(4-7-30(38)40-15-12-34-10-13-39-14-11-34)25-5-6-26-31-27(18-29(43-21-37)33(25,26)3)32(2)9-8-24(41-19-35)16-23(32)17-28(31)42-20-36;1-16(4-7-24(28)32)19-5-6-20-25-21(12-23(35-15-31)27(19,20)3)26(2)9-8-18(33-13-29)10-17(26)11-22(25)34-14-30;8-4-1-7-2-5-9-6-3-7/h19-29,31H,4-18H2,1-3H3;13-23,25H,4-12H2,1-3H3;8H,1-6H2. The monoisotopic (exact) mass is 1250 g/mol. The molecule has 87 heavy (non-hydrogen) atoms. The number of esters is 1. The number of rotatable bonds is 25. The number of aliphatic hydroxyl groups excluding tert-OH is 1. The number of morpholine rings is 2. The molecule has 0 amide bonds. The van der Waals surface area contributed by atoms with E-state index in [1.165, 1.54) is 0 Å². The van der Waals surface area contributed by atoms with Crippen molar-refractivity contribution in [3.63, 3.8) is 0 Å². The number of aliphatic hydroxyl groups is 1. The van der Waals surface area contributed by atoms with Crippen LogP contribution < -0.4 is 0 Å². The second kappa shape index (κ2) is 31.4. The maximum absolute atomic E-state index is 12.7. The van der Waals surface area contributed by atoms with Crippen molar-refractivity contribution in [1.29, 1.82) is 0 Å². The van der Waals surface area contributed by atoms with Gasteiger partial charge in [0, 0.05) is 74.8 Å². The number of hydrogen-bond acceptors (Lipinski definition) is 20. The molecule has 492 valence electrons. The third-order valence-corrected chi connectivity index (χ3v) is 25.4. The zero-order valence-corrected chi connectivity index (χ0v) is 53.5. The van der Waals surface area contributed by atoms with Gasteiger partial charge in [-0.05, 0) is 184 Å². The molecule has 1 N–H and O–H groups in total. The maximum Gasteiger partial charge on any atom is 0.305 e. The topological polar surface area (TPSA) is 246 Å². The highest BCUT2D eigenvalue weighted by Gasteiger charge is 2.69. The van der Waals surface area contributed by atoms with Gasteiger partial charge in [-0.2, -0.15) is 0 Å². The van der Waals surface area contributed by atoms with Gasteiger partial charge in [-0.1, -0.05) is 41.5 Å². The Morgan fingerprint density at radius 1 is 0.540 bits per heavy atom. The van der Waals surface area contributed by atoms with Crippen molar-refractivity contribution in [3.8, 4) is 0 Å². The summed E-state index contributed by atoms with van der Waals surface area (Å²) in [4.78, 5) is 97.6. The molecule has 2 heterocycles. The second-order valence-electron chi connectivity index (χ2n) is 28.5. The van der Waals surface area contributed by atoms with Crippen molar-refractivity contribution in [2.45, 2.75) is 194 Å². The summed E-state index contributed by atoms with van der Waals surface area (Å²) in [7, 11) is 0. The molecule has 10 rings (SSSR count). The summed E-state index contributed by atoms with van der Waals surface area (Å²) in [6.45, 7) is 26.0. The highest BCUT2D eigenvalue weighted by molar-refractivity contribution is 6.63.